The quantitative estimate of drug-likeness (QED) is 0.117. The van der Waals surface area contributed by atoms with Gasteiger partial charge in [0.2, 0.25) is 5.69 Å². The second-order valence-corrected chi connectivity index (χ2v) is 20.5. The van der Waals surface area contributed by atoms with E-state index >= 15 is 0 Å². The van der Waals surface area contributed by atoms with Gasteiger partial charge in [0.15, 0.2) is 5.71 Å². The van der Waals surface area contributed by atoms with Crippen LogP contribution in [0.25, 0.3) is 27.1 Å². The fraction of sp³-hybridized carbons (Fsp3) is 0.400. The maximum Gasteiger partial charge on any atom is 0.330 e. The van der Waals surface area contributed by atoms with Crippen LogP contribution in [0.3, 0.4) is 0 Å². The third-order valence-electron chi connectivity index (χ3n) is 14.1. The number of benzene rings is 4. The van der Waals surface area contributed by atoms with Crippen LogP contribution in [0.2, 0.25) is 10.0 Å². The van der Waals surface area contributed by atoms with Gasteiger partial charge in [0.25, 0.3) is 5.56 Å². The first-order valence-corrected chi connectivity index (χ1v) is 23.9. The molecule has 5 aromatic rings. The lowest BCUT2D eigenvalue weighted by molar-refractivity contribution is -0.439. The average Bonchev–Trinajstić information content (AvgIpc) is 3.82. The predicted octanol–water partition coefficient (Wildman–Crippen LogP) is 12.6. The molecule has 64 heavy (non-hydrogen) atoms. The molecule has 334 valence electrons. The van der Waals surface area contributed by atoms with Gasteiger partial charge in [-0.2, -0.15) is 4.58 Å². The highest BCUT2D eigenvalue weighted by molar-refractivity contribution is 6.37. The summed E-state index contributed by atoms with van der Waals surface area (Å²) in [5.41, 5.74) is 7.77. The van der Waals surface area contributed by atoms with Crippen LogP contribution in [0.4, 0.5) is 11.4 Å². The molecular formula is C55H62Cl2N4O3. The van der Waals surface area contributed by atoms with E-state index in [1.165, 1.54) is 20.3 Å². The number of nitrogens with zero attached hydrogens (tertiary/aromatic N) is 4. The Bertz CT molecular complexity index is 3030. The number of fused-ring (bicyclic) bond motifs is 6. The first-order valence-electron chi connectivity index (χ1n) is 23.1. The van der Waals surface area contributed by atoms with Crippen LogP contribution in [0.5, 0.6) is 5.88 Å². The molecule has 1 aromatic heterocycles. The summed E-state index contributed by atoms with van der Waals surface area (Å²) >= 11 is 14.1. The first-order chi connectivity index (χ1) is 30.4. The Balaban J connectivity index is 1.39. The van der Waals surface area contributed by atoms with Crippen LogP contribution in [0.1, 0.15) is 112 Å². The minimum atomic E-state index is -0.585. The van der Waals surface area contributed by atoms with Gasteiger partial charge < -0.3 is 14.6 Å². The number of rotatable bonds is 12. The maximum atomic E-state index is 14.7. The number of allylic oxidation sites excluding steroid dienone is 7. The SMILES string of the molecule is C=C(C1=C(c2c([O-])n(CC)c(=O)n(CC)c2=O)/C(=C/C=C2/N(CCC(C)C)c3cc(Cl)c4ccccc4c3C2(C)C)CC1)C1=[N+](CCC(C)C)c2cc(Cl)c3ccccc3c2C1(C)C. The van der Waals surface area contributed by atoms with Crippen LogP contribution in [-0.2, 0) is 23.9 Å². The Kier molecular flexibility index (Phi) is 12.1. The minimum absolute atomic E-state index is 0.0288. The zero-order valence-electron chi connectivity index (χ0n) is 39.2. The highest BCUT2D eigenvalue weighted by Crippen LogP contribution is 2.54. The normalized spacial score (nSPS) is 18.0. The molecule has 0 bridgehead atoms. The molecular weight excluding hydrogens is 836 g/mol. The Morgan fingerprint density at radius 3 is 1.97 bits per heavy atom. The molecule has 7 nitrogen and oxygen atoms in total. The number of hydrogen-bond donors (Lipinski definition) is 0. The van der Waals surface area contributed by atoms with E-state index in [0.29, 0.717) is 35.3 Å². The van der Waals surface area contributed by atoms with E-state index in [4.69, 9.17) is 29.8 Å². The summed E-state index contributed by atoms with van der Waals surface area (Å²) in [6.45, 7) is 28.3. The van der Waals surface area contributed by atoms with Crippen molar-refractivity contribution in [3.8, 4) is 5.88 Å². The van der Waals surface area contributed by atoms with Gasteiger partial charge in [0.1, 0.15) is 6.54 Å². The zero-order chi connectivity index (χ0) is 46.2. The van der Waals surface area contributed by atoms with Gasteiger partial charge in [-0.15, -0.1) is 0 Å². The van der Waals surface area contributed by atoms with E-state index in [2.05, 4.69) is 126 Å². The van der Waals surface area contributed by atoms with Crippen molar-refractivity contribution in [3.63, 3.8) is 0 Å². The Labute approximate surface area is 388 Å². The van der Waals surface area contributed by atoms with Gasteiger partial charge in [0, 0.05) is 70.8 Å². The maximum absolute atomic E-state index is 14.7. The second-order valence-electron chi connectivity index (χ2n) is 19.7. The molecule has 3 heterocycles. The Hall–Kier alpha value is -5.11. The second kappa shape index (κ2) is 17.0. The summed E-state index contributed by atoms with van der Waals surface area (Å²) in [6, 6.07) is 20.9. The van der Waals surface area contributed by atoms with Crippen molar-refractivity contribution in [2.75, 3.05) is 18.0 Å². The van der Waals surface area contributed by atoms with Crippen molar-refractivity contribution in [1.82, 2.24) is 9.13 Å². The lowest BCUT2D eigenvalue weighted by Crippen LogP contribution is -2.42. The molecule has 0 atom stereocenters. The molecule has 2 aliphatic heterocycles. The number of halogens is 2. The minimum Gasteiger partial charge on any atom is -0.859 e. The molecule has 0 spiro atoms. The predicted molar refractivity (Wildman–Crippen MR) is 267 cm³/mol. The lowest BCUT2D eigenvalue weighted by atomic mass is 9.75. The molecule has 9 heteroatoms. The smallest absolute Gasteiger partial charge is 0.330 e. The van der Waals surface area contributed by atoms with Crippen LogP contribution >= 0.6 is 23.2 Å². The topological polar surface area (TPSA) is 73.3 Å². The van der Waals surface area contributed by atoms with Gasteiger partial charge in [0.05, 0.1) is 21.0 Å². The standard InChI is InChI=1S/C55H62Cl2N4O3/c1-12-58-51(62)47(52(63)59(13-2)53(58)64)46-35(23-25-45-54(8,9)48-39-20-16-14-18-37(39)41(56)30-43(48)60(45)28-26-32(3)4)22-24-36(46)34(7)50-55(10,11)49-40-21-17-15-19-38(40)42(57)31-44(49)61(50)29-27-33(5)6/h14-21,23,25,30-33H,7,12-13,22,24,26-29H2,1-6,8-11H3/b35-23+,45-25+. The largest absolute Gasteiger partial charge is 0.859 e. The molecule has 8 rings (SSSR count). The van der Waals surface area contributed by atoms with Crippen molar-refractivity contribution in [2.24, 2.45) is 11.8 Å². The van der Waals surface area contributed by atoms with Crippen LogP contribution < -0.4 is 21.3 Å². The monoisotopic (exact) mass is 896 g/mol. The van der Waals surface area contributed by atoms with E-state index in [1.54, 1.807) is 13.8 Å². The van der Waals surface area contributed by atoms with Crippen molar-refractivity contribution in [3.05, 3.63) is 149 Å². The summed E-state index contributed by atoms with van der Waals surface area (Å²) < 4.78 is 4.79. The van der Waals surface area contributed by atoms with Crippen LogP contribution in [-0.4, -0.2) is 32.5 Å². The third kappa shape index (κ3) is 7.22. The Morgan fingerprint density at radius 1 is 0.797 bits per heavy atom. The summed E-state index contributed by atoms with van der Waals surface area (Å²) in [5, 5.41) is 20.4. The summed E-state index contributed by atoms with van der Waals surface area (Å²) in [6.07, 6.45) is 7.39. The van der Waals surface area contributed by atoms with Crippen molar-refractivity contribution < 1.29 is 9.68 Å². The van der Waals surface area contributed by atoms with Gasteiger partial charge >= 0.3 is 5.69 Å². The molecule has 0 saturated carbocycles. The van der Waals surface area contributed by atoms with Gasteiger partial charge in [-0.3, -0.25) is 9.36 Å². The summed E-state index contributed by atoms with van der Waals surface area (Å²) in [5.74, 6) is 0.348. The molecule has 0 unspecified atom stereocenters. The van der Waals surface area contributed by atoms with E-state index in [9.17, 15) is 14.7 Å². The highest BCUT2D eigenvalue weighted by atomic mass is 35.5. The van der Waals surface area contributed by atoms with E-state index in [0.717, 1.165) is 92.0 Å². The number of aromatic nitrogens is 2. The lowest BCUT2D eigenvalue weighted by Gasteiger charge is -2.28. The van der Waals surface area contributed by atoms with Crippen molar-refractivity contribution in [2.45, 2.75) is 119 Å². The molecule has 3 aliphatic rings. The van der Waals surface area contributed by atoms with Gasteiger partial charge in [-0.05, 0) is 110 Å². The molecule has 4 aromatic carbocycles. The Morgan fingerprint density at radius 2 is 1.38 bits per heavy atom. The molecule has 0 N–H and O–H groups in total. The third-order valence-corrected chi connectivity index (χ3v) is 14.7. The molecule has 0 fully saturated rings. The highest BCUT2D eigenvalue weighted by Gasteiger charge is 2.50. The van der Waals surface area contributed by atoms with Crippen molar-refractivity contribution in [1.29, 1.82) is 0 Å². The van der Waals surface area contributed by atoms with Crippen molar-refractivity contribution >= 4 is 67.4 Å². The molecule has 0 amide bonds. The van der Waals surface area contributed by atoms with Crippen LogP contribution in [0, 0.1) is 11.8 Å². The number of anilines is 1. The van der Waals surface area contributed by atoms with Crippen LogP contribution in [0.15, 0.2) is 111 Å². The first kappa shape index (κ1) is 45.5. The zero-order valence-corrected chi connectivity index (χ0v) is 40.7. The van der Waals surface area contributed by atoms with E-state index < -0.39 is 28.0 Å². The number of hydrogen-bond acceptors (Lipinski definition) is 4. The molecule has 0 saturated heterocycles. The average molecular weight is 898 g/mol. The molecule has 1 aliphatic carbocycles. The summed E-state index contributed by atoms with van der Waals surface area (Å²) in [7, 11) is 0. The van der Waals surface area contributed by atoms with Gasteiger partial charge in [-0.25, -0.2) is 4.79 Å². The van der Waals surface area contributed by atoms with Gasteiger partial charge in [-0.1, -0.05) is 126 Å². The molecule has 0 radical (unpaired) electrons. The van der Waals surface area contributed by atoms with E-state index in [1.807, 2.05) is 12.1 Å². The van der Waals surface area contributed by atoms with E-state index in [-0.39, 0.29) is 18.7 Å². The fourth-order valence-electron chi connectivity index (χ4n) is 10.9. The fourth-order valence-corrected chi connectivity index (χ4v) is 11.4. The summed E-state index contributed by atoms with van der Waals surface area (Å²) in [4.78, 5) is 30.8.